The highest BCUT2D eigenvalue weighted by Crippen LogP contribution is 2.12. The Morgan fingerprint density at radius 1 is 1.06 bits per heavy atom. The summed E-state index contributed by atoms with van der Waals surface area (Å²) in [6.07, 6.45) is 3.83. The van der Waals surface area contributed by atoms with Gasteiger partial charge in [0, 0.05) is 6.54 Å². The molecule has 0 unspecified atom stereocenters. The molecule has 1 aromatic carbocycles. The quantitative estimate of drug-likeness (QED) is 0.785. The fourth-order valence-corrected chi connectivity index (χ4v) is 2.29. The Morgan fingerprint density at radius 3 is 2.35 bits per heavy atom. The highest BCUT2D eigenvalue weighted by molar-refractivity contribution is 6.59. The van der Waals surface area contributed by atoms with Crippen LogP contribution in [-0.2, 0) is 6.54 Å². The number of likely N-dealkylation sites (tertiary alicyclic amines) is 1. The normalized spacial score (nSPS) is 16.4. The van der Waals surface area contributed by atoms with E-state index >= 15 is 0 Å². The molecule has 0 aromatic heterocycles. The Hall–Kier alpha value is -0.545. The van der Waals surface area contributed by atoms with Crippen LogP contribution in [0, 0.1) is 0 Å². The van der Waals surface area contributed by atoms with Gasteiger partial charge in [-0.3, -0.25) is 4.90 Å². The Balaban J connectivity index is 0.00000144. The van der Waals surface area contributed by atoms with Gasteiger partial charge in [-0.2, -0.15) is 0 Å². The number of hydrogen-bond acceptors (Lipinski definition) is 3. The summed E-state index contributed by atoms with van der Waals surface area (Å²) in [6, 6.07) is 7.55. The second-order valence-corrected chi connectivity index (χ2v) is 4.41. The maximum absolute atomic E-state index is 9.27. The molecule has 1 aliphatic heterocycles. The standard InChI is InChI=1S/C12H18BNO2.ClH/c15-13(16)12-7-3-2-6-11(12)10-14-8-4-1-5-9-14;/h2-3,6-7,15-16H,1,4-5,8-10H2;1H. The first-order chi connectivity index (χ1) is 7.77. The summed E-state index contributed by atoms with van der Waals surface area (Å²) in [7, 11) is -1.36. The van der Waals surface area contributed by atoms with Crippen LogP contribution >= 0.6 is 12.4 Å². The van der Waals surface area contributed by atoms with E-state index in [4.69, 9.17) is 0 Å². The predicted octanol–water partition coefficient (Wildman–Crippen LogP) is 0.774. The summed E-state index contributed by atoms with van der Waals surface area (Å²) in [4.78, 5) is 2.38. The summed E-state index contributed by atoms with van der Waals surface area (Å²) in [5.41, 5.74) is 1.66. The second-order valence-electron chi connectivity index (χ2n) is 4.41. The van der Waals surface area contributed by atoms with Crippen molar-refractivity contribution in [2.24, 2.45) is 0 Å². The number of halogens is 1. The first-order valence-corrected chi connectivity index (χ1v) is 5.93. The SMILES string of the molecule is Cl.OB(O)c1ccccc1CN1CCCCC1. The number of benzene rings is 1. The molecule has 2 N–H and O–H groups in total. The molecule has 0 amide bonds. The van der Waals surface area contributed by atoms with E-state index in [0.717, 1.165) is 25.2 Å². The topological polar surface area (TPSA) is 43.7 Å². The second kappa shape index (κ2) is 7.02. The van der Waals surface area contributed by atoms with Gasteiger partial charge in [0.25, 0.3) is 0 Å². The van der Waals surface area contributed by atoms with E-state index in [2.05, 4.69) is 4.90 Å². The summed E-state index contributed by atoms with van der Waals surface area (Å²) < 4.78 is 0. The molecule has 1 saturated heterocycles. The largest absolute Gasteiger partial charge is 0.488 e. The minimum absolute atomic E-state index is 0. The zero-order valence-electron chi connectivity index (χ0n) is 9.88. The molecule has 1 aromatic rings. The molecule has 5 heteroatoms. The van der Waals surface area contributed by atoms with Crippen LogP contribution in [0.5, 0.6) is 0 Å². The number of piperidine rings is 1. The van der Waals surface area contributed by atoms with E-state index < -0.39 is 7.12 Å². The lowest BCUT2D eigenvalue weighted by atomic mass is 9.77. The molecule has 3 nitrogen and oxygen atoms in total. The molecular formula is C12H19BClNO2. The molecule has 1 fully saturated rings. The first kappa shape index (κ1) is 14.5. The lowest BCUT2D eigenvalue weighted by Gasteiger charge is -2.27. The van der Waals surface area contributed by atoms with E-state index in [9.17, 15) is 10.0 Å². The maximum atomic E-state index is 9.27. The molecule has 1 aliphatic rings. The Labute approximate surface area is 109 Å². The molecule has 1 heterocycles. The molecule has 0 spiro atoms. The lowest BCUT2D eigenvalue weighted by Crippen LogP contribution is -2.37. The Morgan fingerprint density at radius 2 is 1.71 bits per heavy atom. The van der Waals surface area contributed by atoms with Crippen molar-refractivity contribution in [3.63, 3.8) is 0 Å². The third-order valence-corrected chi connectivity index (χ3v) is 3.18. The van der Waals surface area contributed by atoms with Crippen molar-refractivity contribution in [3.05, 3.63) is 29.8 Å². The third-order valence-electron chi connectivity index (χ3n) is 3.18. The zero-order chi connectivity index (χ0) is 11.4. The molecule has 0 bridgehead atoms. The average Bonchev–Trinajstić information content (AvgIpc) is 2.31. The number of rotatable bonds is 3. The van der Waals surface area contributed by atoms with Crippen molar-refractivity contribution < 1.29 is 10.0 Å². The van der Waals surface area contributed by atoms with Crippen LogP contribution < -0.4 is 5.46 Å². The van der Waals surface area contributed by atoms with Gasteiger partial charge < -0.3 is 10.0 Å². The third kappa shape index (κ3) is 4.00. The van der Waals surface area contributed by atoms with E-state index in [-0.39, 0.29) is 12.4 Å². The average molecular weight is 256 g/mol. The summed E-state index contributed by atoms with van der Waals surface area (Å²) >= 11 is 0. The lowest BCUT2D eigenvalue weighted by molar-refractivity contribution is 0.221. The minimum atomic E-state index is -1.36. The van der Waals surface area contributed by atoms with Crippen LogP contribution in [0.25, 0.3) is 0 Å². The van der Waals surface area contributed by atoms with Crippen molar-refractivity contribution in [3.8, 4) is 0 Å². The fourth-order valence-electron chi connectivity index (χ4n) is 2.29. The molecule has 0 saturated carbocycles. The van der Waals surface area contributed by atoms with Crippen LogP contribution in [0.1, 0.15) is 24.8 Å². The number of hydrogen-bond donors (Lipinski definition) is 2. The summed E-state index contributed by atoms with van der Waals surface area (Å²) in [5, 5.41) is 18.5. The highest BCUT2D eigenvalue weighted by Gasteiger charge is 2.17. The summed E-state index contributed by atoms with van der Waals surface area (Å²) in [6.45, 7) is 3.07. The first-order valence-electron chi connectivity index (χ1n) is 5.93. The highest BCUT2D eigenvalue weighted by atomic mass is 35.5. The van der Waals surface area contributed by atoms with Crippen LogP contribution in [0.2, 0.25) is 0 Å². The van der Waals surface area contributed by atoms with Gasteiger partial charge in [-0.15, -0.1) is 12.4 Å². The summed E-state index contributed by atoms with van der Waals surface area (Å²) in [5.74, 6) is 0. The molecule has 0 radical (unpaired) electrons. The van der Waals surface area contributed by atoms with E-state index in [1.54, 1.807) is 6.07 Å². The van der Waals surface area contributed by atoms with E-state index in [0.29, 0.717) is 5.46 Å². The minimum Gasteiger partial charge on any atom is -0.423 e. The Kier molecular flexibility index (Phi) is 5.99. The monoisotopic (exact) mass is 255 g/mol. The maximum Gasteiger partial charge on any atom is 0.488 e. The van der Waals surface area contributed by atoms with Gasteiger partial charge in [-0.25, -0.2) is 0 Å². The van der Waals surface area contributed by atoms with Crippen LogP contribution in [0.3, 0.4) is 0 Å². The van der Waals surface area contributed by atoms with Gasteiger partial charge in [0.15, 0.2) is 0 Å². The molecule has 2 rings (SSSR count). The van der Waals surface area contributed by atoms with Crippen molar-refractivity contribution in [1.82, 2.24) is 4.90 Å². The van der Waals surface area contributed by atoms with Crippen molar-refractivity contribution in [2.75, 3.05) is 13.1 Å². The smallest absolute Gasteiger partial charge is 0.423 e. The van der Waals surface area contributed by atoms with Gasteiger partial charge in [0.1, 0.15) is 0 Å². The van der Waals surface area contributed by atoms with E-state index in [1.807, 2.05) is 18.2 Å². The van der Waals surface area contributed by atoms with Crippen LogP contribution in [0.15, 0.2) is 24.3 Å². The van der Waals surface area contributed by atoms with E-state index in [1.165, 1.54) is 19.3 Å². The van der Waals surface area contributed by atoms with Crippen molar-refractivity contribution in [1.29, 1.82) is 0 Å². The molecule has 17 heavy (non-hydrogen) atoms. The predicted molar refractivity (Wildman–Crippen MR) is 72.6 cm³/mol. The van der Waals surface area contributed by atoms with Gasteiger partial charge in [-0.05, 0) is 37.0 Å². The van der Waals surface area contributed by atoms with Crippen LogP contribution in [-0.4, -0.2) is 35.2 Å². The van der Waals surface area contributed by atoms with Gasteiger partial charge in [0.05, 0.1) is 0 Å². The van der Waals surface area contributed by atoms with Crippen LogP contribution in [0.4, 0.5) is 0 Å². The van der Waals surface area contributed by atoms with Gasteiger partial charge >= 0.3 is 7.12 Å². The molecule has 0 aliphatic carbocycles. The van der Waals surface area contributed by atoms with Gasteiger partial charge in [0.2, 0.25) is 0 Å². The van der Waals surface area contributed by atoms with Crippen molar-refractivity contribution in [2.45, 2.75) is 25.8 Å². The molecule has 0 atom stereocenters. The Bertz CT molecular complexity index is 343. The van der Waals surface area contributed by atoms with Crippen molar-refractivity contribution >= 4 is 25.0 Å². The molecular weight excluding hydrogens is 236 g/mol. The van der Waals surface area contributed by atoms with Gasteiger partial charge in [-0.1, -0.05) is 30.7 Å². The fraction of sp³-hybridized carbons (Fsp3) is 0.500. The number of nitrogens with zero attached hydrogens (tertiary/aromatic N) is 1. The molecule has 94 valence electrons. The zero-order valence-corrected chi connectivity index (χ0v) is 10.7.